The Labute approximate surface area is 85.6 Å². The average Bonchev–Trinajstić information content (AvgIpc) is 2.69. The molecule has 0 aromatic rings. The van der Waals surface area contributed by atoms with Gasteiger partial charge >= 0.3 is 0 Å². The van der Waals surface area contributed by atoms with Crippen molar-refractivity contribution in [3.63, 3.8) is 0 Å². The molecule has 0 radical (unpaired) electrons. The first-order chi connectivity index (χ1) is 6.77. The first-order valence-corrected chi connectivity index (χ1v) is 5.82. The predicted octanol–water partition coefficient (Wildman–Crippen LogP) is 1.13. The number of amides is 1. The smallest absolute Gasteiger partial charge is 0.225 e. The summed E-state index contributed by atoms with van der Waals surface area (Å²) in [6, 6.07) is 0.264. The molecular weight excluding hydrogens is 176 g/mol. The normalized spacial score (nSPS) is 33.4. The third-order valence-corrected chi connectivity index (χ3v) is 3.48. The van der Waals surface area contributed by atoms with Gasteiger partial charge in [0.25, 0.3) is 0 Å². The molecule has 1 amide bonds. The van der Waals surface area contributed by atoms with Gasteiger partial charge in [-0.3, -0.25) is 4.79 Å². The SMILES string of the molecule is NC1CCCC(C(=O)N2CCCC2)C1. The average molecular weight is 196 g/mol. The van der Waals surface area contributed by atoms with Crippen LogP contribution in [0.25, 0.3) is 0 Å². The molecule has 0 aromatic carbocycles. The summed E-state index contributed by atoms with van der Waals surface area (Å²) in [5.41, 5.74) is 5.89. The first-order valence-electron chi connectivity index (χ1n) is 5.82. The third kappa shape index (κ3) is 2.08. The Morgan fingerprint density at radius 3 is 2.50 bits per heavy atom. The van der Waals surface area contributed by atoms with E-state index in [-0.39, 0.29) is 12.0 Å². The second-order valence-corrected chi connectivity index (χ2v) is 4.66. The lowest BCUT2D eigenvalue weighted by atomic mass is 9.85. The molecule has 0 aromatic heterocycles. The minimum absolute atomic E-state index is 0.233. The van der Waals surface area contributed by atoms with Crippen LogP contribution in [0.5, 0.6) is 0 Å². The summed E-state index contributed by atoms with van der Waals surface area (Å²) in [6.07, 6.45) is 6.57. The zero-order chi connectivity index (χ0) is 9.97. The number of nitrogens with zero attached hydrogens (tertiary/aromatic N) is 1. The molecule has 2 fully saturated rings. The summed E-state index contributed by atoms with van der Waals surface area (Å²) in [5, 5.41) is 0. The Bertz CT molecular complexity index is 211. The Morgan fingerprint density at radius 1 is 1.14 bits per heavy atom. The van der Waals surface area contributed by atoms with E-state index in [9.17, 15) is 4.79 Å². The Kier molecular flexibility index (Phi) is 3.06. The van der Waals surface area contributed by atoms with E-state index in [2.05, 4.69) is 0 Å². The van der Waals surface area contributed by atoms with Gasteiger partial charge in [-0.15, -0.1) is 0 Å². The van der Waals surface area contributed by atoms with Crippen LogP contribution in [0.1, 0.15) is 38.5 Å². The molecule has 14 heavy (non-hydrogen) atoms. The summed E-state index contributed by atoms with van der Waals surface area (Å²) in [6.45, 7) is 1.95. The van der Waals surface area contributed by atoms with E-state index in [1.54, 1.807) is 0 Å². The molecule has 2 atom stereocenters. The van der Waals surface area contributed by atoms with Gasteiger partial charge in [0.15, 0.2) is 0 Å². The number of hydrogen-bond donors (Lipinski definition) is 1. The second-order valence-electron chi connectivity index (χ2n) is 4.66. The van der Waals surface area contributed by atoms with Crippen molar-refractivity contribution in [2.24, 2.45) is 11.7 Å². The standard InChI is InChI=1S/C11H20N2O/c12-10-5-3-4-9(8-10)11(14)13-6-1-2-7-13/h9-10H,1-8,12H2. The molecular formula is C11H20N2O. The van der Waals surface area contributed by atoms with E-state index in [0.717, 1.165) is 38.8 Å². The van der Waals surface area contributed by atoms with E-state index in [1.807, 2.05) is 4.90 Å². The van der Waals surface area contributed by atoms with Gasteiger partial charge in [0, 0.05) is 25.0 Å². The zero-order valence-corrected chi connectivity index (χ0v) is 8.74. The maximum absolute atomic E-state index is 12.0. The summed E-state index contributed by atoms with van der Waals surface area (Å²) < 4.78 is 0. The molecule has 1 saturated heterocycles. The lowest BCUT2D eigenvalue weighted by Crippen LogP contribution is -2.39. The molecule has 1 aliphatic heterocycles. The highest BCUT2D eigenvalue weighted by Crippen LogP contribution is 2.26. The van der Waals surface area contributed by atoms with Crippen LogP contribution in [-0.2, 0) is 4.79 Å². The molecule has 80 valence electrons. The molecule has 3 nitrogen and oxygen atoms in total. The highest BCUT2D eigenvalue weighted by molar-refractivity contribution is 5.79. The monoisotopic (exact) mass is 196 g/mol. The Hall–Kier alpha value is -0.570. The van der Waals surface area contributed by atoms with Gasteiger partial charge in [0.2, 0.25) is 5.91 Å². The fourth-order valence-corrected chi connectivity index (χ4v) is 2.65. The van der Waals surface area contributed by atoms with E-state index in [0.29, 0.717) is 5.91 Å². The van der Waals surface area contributed by atoms with Gasteiger partial charge < -0.3 is 10.6 Å². The van der Waals surface area contributed by atoms with Crippen LogP contribution in [-0.4, -0.2) is 29.9 Å². The van der Waals surface area contributed by atoms with Gasteiger partial charge in [-0.1, -0.05) is 6.42 Å². The number of carbonyl (C=O) groups excluding carboxylic acids is 1. The number of nitrogens with two attached hydrogens (primary N) is 1. The summed E-state index contributed by atoms with van der Waals surface area (Å²) in [4.78, 5) is 14.0. The highest BCUT2D eigenvalue weighted by atomic mass is 16.2. The minimum Gasteiger partial charge on any atom is -0.342 e. The van der Waals surface area contributed by atoms with Crippen molar-refractivity contribution in [2.75, 3.05) is 13.1 Å². The fraction of sp³-hybridized carbons (Fsp3) is 0.909. The number of likely N-dealkylation sites (tertiary alicyclic amines) is 1. The van der Waals surface area contributed by atoms with Gasteiger partial charge in [0.1, 0.15) is 0 Å². The molecule has 1 saturated carbocycles. The van der Waals surface area contributed by atoms with Gasteiger partial charge in [0.05, 0.1) is 0 Å². The van der Waals surface area contributed by atoms with E-state index in [1.165, 1.54) is 12.8 Å². The number of rotatable bonds is 1. The van der Waals surface area contributed by atoms with Crippen LogP contribution < -0.4 is 5.73 Å². The highest BCUT2D eigenvalue weighted by Gasteiger charge is 2.29. The van der Waals surface area contributed by atoms with Crippen molar-refractivity contribution in [1.29, 1.82) is 0 Å². The molecule has 2 unspecified atom stereocenters. The second kappa shape index (κ2) is 4.30. The van der Waals surface area contributed by atoms with Crippen LogP contribution in [0.2, 0.25) is 0 Å². The van der Waals surface area contributed by atoms with Crippen molar-refractivity contribution < 1.29 is 4.79 Å². The lowest BCUT2D eigenvalue weighted by molar-refractivity contribution is -0.135. The van der Waals surface area contributed by atoms with Crippen molar-refractivity contribution in [3.05, 3.63) is 0 Å². The van der Waals surface area contributed by atoms with Gasteiger partial charge in [-0.25, -0.2) is 0 Å². The van der Waals surface area contributed by atoms with Gasteiger partial charge in [-0.05, 0) is 32.1 Å². The first kappa shape index (κ1) is 9.97. The summed E-state index contributed by atoms with van der Waals surface area (Å²) >= 11 is 0. The maximum atomic E-state index is 12.0. The minimum atomic E-state index is 0.233. The summed E-state index contributed by atoms with van der Waals surface area (Å²) in [5.74, 6) is 0.606. The molecule has 1 aliphatic carbocycles. The molecule has 2 N–H and O–H groups in total. The maximum Gasteiger partial charge on any atom is 0.225 e. The molecule has 0 bridgehead atoms. The van der Waals surface area contributed by atoms with Crippen LogP contribution in [0, 0.1) is 5.92 Å². The van der Waals surface area contributed by atoms with Crippen molar-refractivity contribution in [1.82, 2.24) is 4.90 Å². The van der Waals surface area contributed by atoms with E-state index < -0.39 is 0 Å². The van der Waals surface area contributed by atoms with Crippen LogP contribution in [0.4, 0.5) is 0 Å². The molecule has 2 aliphatic rings. The number of carbonyl (C=O) groups is 1. The van der Waals surface area contributed by atoms with Crippen LogP contribution in [0.15, 0.2) is 0 Å². The van der Waals surface area contributed by atoms with E-state index >= 15 is 0 Å². The van der Waals surface area contributed by atoms with E-state index in [4.69, 9.17) is 5.73 Å². The fourth-order valence-electron chi connectivity index (χ4n) is 2.65. The van der Waals surface area contributed by atoms with Crippen LogP contribution >= 0.6 is 0 Å². The van der Waals surface area contributed by atoms with Crippen LogP contribution in [0.3, 0.4) is 0 Å². The topological polar surface area (TPSA) is 46.3 Å². The number of hydrogen-bond acceptors (Lipinski definition) is 2. The Morgan fingerprint density at radius 2 is 1.86 bits per heavy atom. The third-order valence-electron chi connectivity index (χ3n) is 3.48. The molecule has 2 rings (SSSR count). The quantitative estimate of drug-likeness (QED) is 0.683. The van der Waals surface area contributed by atoms with Crippen molar-refractivity contribution in [3.8, 4) is 0 Å². The molecule has 3 heteroatoms. The van der Waals surface area contributed by atoms with Crippen molar-refractivity contribution in [2.45, 2.75) is 44.6 Å². The predicted molar refractivity (Wildman–Crippen MR) is 55.7 cm³/mol. The molecule has 0 spiro atoms. The molecule has 1 heterocycles. The lowest BCUT2D eigenvalue weighted by Gasteiger charge is -2.29. The Balaban J connectivity index is 1.89. The summed E-state index contributed by atoms with van der Waals surface area (Å²) in [7, 11) is 0. The zero-order valence-electron chi connectivity index (χ0n) is 8.74. The van der Waals surface area contributed by atoms with Gasteiger partial charge in [-0.2, -0.15) is 0 Å². The largest absolute Gasteiger partial charge is 0.342 e. The van der Waals surface area contributed by atoms with Crippen molar-refractivity contribution >= 4 is 5.91 Å².